The average molecular weight is 445 g/mol. The minimum atomic E-state index is -0.277. The molecular weight excluding hydrogens is 425 g/mol. The van der Waals surface area contributed by atoms with Gasteiger partial charge >= 0.3 is 0 Å². The fraction of sp³-hybridized carbons (Fsp3) is 0.316. The van der Waals surface area contributed by atoms with Crippen molar-refractivity contribution >= 4 is 45.0 Å². The topological polar surface area (TPSA) is 38.3 Å². The van der Waals surface area contributed by atoms with Crippen LogP contribution < -0.4 is 5.32 Å². The van der Waals surface area contributed by atoms with Crippen molar-refractivity contribution in [3.05, 3.63) is 69.2 Å². The lowest BCUT2D eigenvalue weighted by Crippen LogP contribution is -2.45. The molecule has 3 nitrogen and oxygen atoms in total. The van der Waals surface area contributed by atoms with Gasteiger partial charge in [-0.25, -0.2) is 0 Å². The molecule has 0 aliphatic carbocycles. The van der Waals surface area contributed by atoms with Gasteiger partial charge in [-0.15, -0.1) is 0 Å². The molecule has 134 valence electrons. The molecule has 0 bridgehead atoms. The number of allylic oxidation sites excluding steroid dienone is 2. The Balaban J connectivity index is 2.20. The van der Waals surface area contributed by atoms with Crippen LogP contribution in [0.25, 0.3) is 0 Å². The van der Waals surface area contributed by atoms with E-state index in [2.05, 4.69) is 34.4 Å². The molecule has 2 rings (SSSR count). The minimum absolute atomic E-state index is 0.172. The van der Waals surface area contributed by atoms with Crippen molar-refractivity contribution in [2.45, 2.75) is 18.3 Å². The van der Waals surface area contributed by atoms with E-state index in [0.717, 1.165) is 18.4 Å². The van der Waals surface area contributed by atoms with Crippen LogP contribution in [0.4, 0.5) is 0 Å². The van der Waals surface area contributed by atoms with Crippen LogP contribution in [-0.2, 0) is 14.9 Å². The first-order chi connectivity index (χ1) is 11.8. The molecule has 1 amide bonds. The first-order valence-electron chi connectivity index (χ1n) is 7.87. The average Bonchev–Trinajstić information content (AvgIpc) is 2.58. The Morgan fingerprint density at radius 1 is 1.28 bits per heavy atom. The van der Waals surface area contributed by atoms with Gasteiger partial charge in [-0.05, 0) is 36.6 Å². The van der Waals surface area contributed by atoms with E-state index in [0.29, 0.717) is 34.8 Å². The van der Waals surface area contributed by atoms with Gasteiger partial charge in [-0.1, -0.05) is 64.4 Å². The summed E-state index contributed by atoms with van der Waals surface area (Å²) >= 11 is 15.2. The van der Waals surface area contributed by atoms with Crippen LogP contribution in [0.5, 0.6) is 0 Å². The number of hydrogen-bond donors (Lipinski definition) is 1. The Hall–Kier alpha value is -1.07. The summed E-state index contributed by atoms with van der Waals surface area (Å²) in [4.78, 5) is 12.6. The Kier molecular flexibility index (Phi) is 7.32. The van der Waals surface area contributed by atoms with Crippen LogP contribution in [0.15, 0.2) is 58.6 Å². The van der Waals surface area contributed by atoms with Gasteiger partial charge in [0.25, 0.3) is 5.91 Å². The van der Waals surface area contributed by atoms with Crippen molar-refractivity contribution in [1.29, 1.82) is 0 Å². The maximum Gasteiger partial charge on any atom is 0.252 e. The molecule has 0 atom stereocenters. The maximum absolute atomic E-state index is 12.6. The molecule has 25 heavy (non-hydrogen) atoms. The van der Waals surface area contributed by atoms with Crippen molar-refractivity contribution in [2.24, 2.45) is 0 Å². The third-order valence-corrected chi connectivity index (χ3v) is 5.02. The Labute approximate surface area is 166 Å². The van der Waals surface area contributed by atoms with Crippen LogP contribution >= 0.6 is 39.1 Å². The van der Waals surface area contributed by atoms with Gasteiger partial charge < -0.3 is 10.1 Å². The normalized spacial score (nSPS) is 17.0. The lowest BCUT2D eigenvalue weighted by molar-refractivity contribution is -0.117. The van der Waals surface area contributed by atoms with Gasteiger partial charge in [0.2, 0.25) is 0 Å². The van der Waals surface area contributed by atoms with E-state index >= 15 is 0 Å². The molecule has 1 aliphatic rings. The Bertz CT molecular complexity index is 692. The van der Waals surface area contributed by atoms with E-state index in [-0.39, 0.29) is 16.4 Å². The fourth-order valence-electron chi connectivity index (χ4n) is 2.90. The van der Waals surface area contributed by atoms with E-state index in [1.807, 2.05) is 24.3 Å². The quantitative estimate of drug-likeness (QED) is 0.490. The minimum Gasteiger partial charge on any atom is -0.381 e. The largest absolute Gasteiger partial charge is 0.381 e. The summed E-state index contributed by atoms with van der Waals surface area (Å²) in [5, 5.41) is 3.85. The molecule has 1 N–H and O–H groups in total. The lowest BCUT2D eigenvalue weighted by Gasteiger charge is -2.38. The van der Waals surface area contributed by atoms with Gasteiger partial charge in [-0.2, -0.15) is 0 Å². The number of amides is 1. The van der Waals surface area contributed by atoms with E-state index in [1.54, 1.807) is 6.08 Å². The number of hydrogen-bond acceptors (Lipinski definition) is 2. The molecule has 0 spiro atoms. The van der Waals surface area contributed by atoms with Crippen molar-refractivity contribution in [2.75, 3.05) is 19.8 Å². The summed E-state index contributed by atoms with van der Waals surface area (Å²) in [7, 11) is 0. The van der Waals surface area contributed by atoms with Crippen molar-refractivity contribution in [1.82, 2.24) is 5.32 Å². The monoisotopic (exact) mass is 443 g/mol. The SMILES string of the molecule is C=C(Br)/C=C(\C(=C)Cl)C(=O)NCC1(c2ccc(Cl)cc2)CCOCC1. The van der Waals surface area contributed by atoms with Gasteiger partial charge in [0.1, 0.15) is 0 Å². The molecule has 1 aromatic carbocycles. The highest BCUT2D eigenvalue weighted by Crippen LogP contribution is 2.35. The van der Waals surface area contributed by atoms with Crippen LogP contribution in [0.3, 0.4) is 0 Å². The number of ether oxygens (including phenoxy) is 1. The molecule has 0 unspecified atom stereocenters. The first-order valence-corrected chi connectivity index (χ1v) is 9.42. The predicted molar refractivity (Wildman–Crippen MR) is 107 cm³/mol. The van der Waals surface area contributed by atoms with Crippen LogP contribution in [0.1, 0.15) is 18.4 Å². The highest BCUT2D eigenvalue weighted by Gasteiger charge is 2.35. The number of carbonyl (C=O) groups is 1. The smallest absolute Gasteiger partial charge is 0.252 e. The third-order valence-electron chi connectivity index (χ3n) is 4.33. The zero-order valence-corrected chi connectivity index (χ0v) is 16.9. The van der Waals surface area contributed by atoms with Crippen LogP contribution in [-0.4, -0.2) is 25.7 Å². The molecule has 1 aliphatic heterocycles. The number of carbonyl (C=O) groups excluding carboxylic acids is 1. The standard InChI is InChI=1S/C19H20BrCl2NO2/c1-13(20)11-17(14(2)21)18(24)23-12-19(7-9-25-10-8-19)15-3-5-16(22)6-4-15/h3-6,11H,1-2,7-10,12H2,(H,23,24)/b17-11+. The Morgan fingerprint density at radius 3 is 2.40 bits per heavy atom. The van der Waals surface area contributed by atoms with E-state index in [1.165, 1.54) is 0 Å². The molecule has 6 heteroatoms. The van der Waals surface area contributed by atoms with Gasteiger partial charge in [0.05, 0.1) is 5.57 Å². The highest BCUT2D eigenvalue weighted by molar-refractivity contribution is 9.11. The number of rotatable bonds is 6. The van der Waals surface area contributed by atoms with E-state index < -0.39 is 0 Å². The summed E-state index contributed by atoms with van der Waals surface area (Å²) < 4.78 is 6.07. The molecule has 1 heterocycles. The molecule has 1 aromatic rings. The molecule has 0 radical (unpaired) electrons. The van der Waals surface area contributed by atoms with Gasteiger partial charge in [0.15, 0.2) is 0 Å². The summed E-state index contributed by atoms with van der Waals surface area (Å²) in [6.07, 6.45) is 3.20. The zero-order chi connectivity index (χ0) is 18.4. The number of benzene rings is 1. The Morgan fingerprint density at radius 2 is 1.88 bits per heavy atom. The van der Waals surface area contributed by atoms with Crippen molar-refractivity contribution < 1.29 is 9.53 Å². The summed E-state index contributed by atoms with van der Waals surface area (Å²) in [5.41, 5.74) is 1.24. The lowest BCUT2D eigenvalue weighted by atomic mass is 9.74. The van der Waals surface area contributed by atoms with Gasteiger partial charge in [0, 0.05) is 39.7 Å². The molecule has 1 saturated heterocycles. The summed E-state index contributed by atoms with van der Waals surface area (Å²) in [6, 6.07) is 7.77. The second-order valence-corrected chi connectivity index (χ2v) is 7.90. The maximum atomic E-state index is 12.6. The second-order valence-electron chi connectivity index (χ2n) is 5.99. The van der Waals surface area contributed by atoms with Gasteiger partial charge in [-0.3, -0.25) is 4.79 Å². The molecule has 1 fully saturated rings. The third kappa shape index (κ3) is 5.45. The predicted octanol–water partition coefficient (Wildman–Crippen LogP) is 5.09. The first kappa shape index (κ1) is 20.2. The van der Waals surface area contributed by atoms with E-state index in [4.69, 9.17) is 27.9 Å². The highest BCUT2D eigenvalue weighted by atomic mass is 79.9. The van der Waals surface area contributed by atoms with Crippen molar-refractivity contribution in [3.63, 3.8) is 0 Å². The number of nitrogens with one attached hydrogen (secondary N) is 1. The van der Waals surface area contributed by atoms with Crippen LogP contribution in [0, 0.1) is 0 Å². The van der Waals surface area contributed by atoms with Crippen molar-refractivity contribution in [3.8, 4) is 0 Å². The summed E-state index contributed by atoms with van der Waals surface area (Å²) in [5.74, 6) is -0.277. The molecular formula is C19H20BrCl2NO2. The zero-order valence-electron chi connectivity index (χ0n) is 13.8. The molecule has 0 saturated carbocycles. The molecule has 0 aromatic heterocycles. The van der Waals surface area contributed by atoms with E-state index in [9.17, 15) is 4.79 Å². The second kappa shape index (κ2) is 9.04. The fourth-order valence-corrected chi connectivity index (χ4v) is 3.40. The van der Waals surface area contributed by atoms with Crippen LogP contribution in [0.2, 0.25) is 5.02 Å². The summed E-state index contributed by atoms with van der Waals surface area (Å²) in [6.45, 7) is 9.15. The number of halogens is 3.